The number of nitro groups is 1. The van der Waals surface area contributed by atoms with Crippen LogP contribution >= 0.6 is 0 Å². The average molecular weight is 225 g/mol. The van der Waals surface area contributed by atoms with E-state index in [0.29, 0.717) is 12.5 Å². The first-order chi connectivity index (χ1) is 7.61. The first kappa shape index (κ1) is 10.6. The Hall–Kier alpha value is -1.92. The molecule has 0 bridgehead atoms. The molecule has 1 fully saturated rings. The van der Waals surface area contributed by atoms with Crippen LogP contribution in [0.2, 0.25) is 0 Å². The van der Waals surface area contributed by atoms with E-state index in [4.69, 9.17) is 0 Å². The molecule has 1 aromatic rings. The predicted octanol–water partition coefficient (Wildman–Crippen LogP) is 0.988. The minimum Gasteiger partial charge on any atom is -0.464 e. The van der Waals surface area contributed by atoms with Gasteiger partial charge in [-0.05, 0) is 18.8 Å². The second-order valence-corrected chi connectivity index (χ2v) is 3.78. The van der Waals surface area contributed by atoms with E-state index in [1.165, 1.54) is 18.0 Å². The third-order valence-electron chi connectivity index (χ3n) is 2.46. The summed E-state index contributed by atoms with van der Waals surface area (Å²) in [6.45, 7) is 0.623. The van der Waals surface area contributed by atoms with Crippen LogP contribution in [0.15, 0.2) is 6.20 Å². The fourth-order valence-corrected chi connectivity index (χ4v) is 1.45. The Morgan fingerprint density at radius 2 is 2.44 bits per heavy atom. The minimum absolute atomic E-state index is 0.229. The van der Waals surface area contributed by atoms with Crippen molar-refractivity contribution in [3.63, 3.8) is 0 Å². The van der Waals surface area contributed by atoms with Crippen LogP contribution in [0.4, 0.5) is 5.69 Å². The second kappa shape index (κ2) is 3.92. The van der Waals surface area contributed by atoms with Crippen LogP contribution in [0.1, 0.15) is 23.3 Å². The maximum atomic E-state index is 11.3. The highest BCUT2D eigenvalue weighted by atomic mass is 16.6. The molecule has 1 aliphatic rings. The number of hydrogen-bond donors (Lipinski definition) is 0. The smallest absolute Gasteiger partial charge is 0.365 e. The van der Waals surface area contributed by atoms with Crippen molar-refractivity contribution < 1.29 is 14.5 Å². The van der Waals surface area contributed by atoms with E-state index < -0.39 is 10.9 Å². The Balaban J connectivity index is 2.28. The number of carbonyl (C=O) groups excluding carboxylic acids is 1. The maximum Gasteiger partial charge on any atom is 0.365 e. The second-order valence-electron chi connectivity index (χ2n) is 3.78. The van der Waals surface area contributed by atoms with Gasteiger partial charge < -0.3 is 4.74 Å². The van der Waals surface area contributed by atoms with Gasteiger partial charge in [-0.25, -0.2) is 4.79 Å². The number of hydrogen-bond acceptors (Lipinski definition) is 5. The number of ether oxygens (including phenoxy) is 1. The first-order valence-corrected chi connectivity index (χ1v) is 4.92. The molecule has 2 rings (SSSR count). The molecule has 1 aromatic heterocycles. The topological polar surface area (TPSA) is 87.3 Å². The van der Waals surface area contributed by atoms with Gasteiger partial charge in [-0.15, -0.1) is 0 Å². The van der Waals surface area contributed by atoms with Crippen LogP contribution in [-0.4, -0.2) is 27.8 Å². The van der Waals surface area contributed by atoms with Gasteiger partial charge in [-0.3, -0.25) is 14.8 Å². The number of carbonyl (C=O) groups is 1. The summed E-state index contributed by atoms with van der Waals surface area (Å²) in [7, 11) is 1.17. The third kappa shape index (κ3) is 2.02. The molecule has 1 saturated carbocycles. The summed E-state index contributed by atoms with van der Waals surface area (Å²) in [6.07, 6.45) is 3.51. The number of methoxy groups -OCH3 is 1. The third-order valence-corrected chi connectivity index (χ3v) is 2.46. The van der Waals surface area contributed by atoms with Gasteiger partial charge in [0.15, 0.2) is 0 Å². The van der Waals surface area contributed by atoms with Crippen molar-refractivity contribution in [1.29, 1.82) is 0 Å². The van der Waals surface area contributed by atoms with Gasteiger partial charge in [0.25, 0.3) is 0 Å². The molecule has 0 aliphatic heterocycles. The number of esters is 1. The Kier molecular flexibility index (Phi) is 2.59. The van der Waals surface area contributed by atoms with Crippen molar-refractivity contribution in [2.75, 3.05) is 7.11 Å². The Morgan fingerprint density at radius 1 is 1.75 bits per heavy atom. The van der Waals surface area contributed by atoms with Gasteiger partial charge >= 0.3 is 11.7 Å². The number of nitrogens with zero attached hydrogens (tertiary/aromatic N) is 3. The van der Waals surface area contributed by atoms with Crippen molar-refractivity contribution in [2.45, 2.75) is 19.4 Å². The van der Waals surface area contributed by atoms with E-state index in [2.05, 4.69) is 9.84 Å². The molecular formula is C9H11N3O4. The molecule has 7 nitrogen and oxygen atoms in total. The van der Waals surface area contributed by atoms with Gasteiger partial charge in [0.1, 0.15) is 6.20 Å². The molecule has 1 aliphatic carbocycles. The average Bonchev–Trinajstić information content (AvgIpc) is 2.94. The van der Waals surface area contributed by atoms with Crippen molar-refractivity contribution in [3.8, 4) is 0 Å². The molecule has 0 N–H and O–H groups in total. The normalized spacial score (nSPS) is 14.8. The van der Waals surface area contributed by atoms with Gasteiger partial charge in [-0.2, -0.15) is 5.10 Å². The highest BCUT2D eigenvalue weighted by Crippen LogP contribution is 2.31. The summed E-state index contributed by atoms with van der Waals surface area (Å²) >= 11 is 0. The Bertz CT molecular complexity index is 436. The molecule has 16 heavy (non-hydrogen) atoms. The lowest BCUT2D eigenvalue weighted by Gasteiger charge is -1.95. The first-order valence-electron chi connectivity index (χ1n) is 4.92. The van der Waals surface area contributed by atoms with E-state index in [-0.39, 0.29) is 11.4 Å². The summed E-state index contributed by atoms with van der Waals surface area (Å²) in [5.74, 6) is -0.244. The maximum absolute atomic E-state index is 11.3. The number of aromatic nitrogens is 2. The summed E-state index contributed by atoms with van der Waals surface area (Å²) < 4.78 is 5.89. The Morgan fingerprint density at radius 3 is 2.94 bits per heavy atom. The SMILES string of the molecule is COC(=O)c1nn(CC2CC2)cc1[N+](=O)[O-]. The summed E-state index contributed by atoms with van der Waals surface area (Å²) in [4.78, 5) is 21.3. The molecule has 0 spiro atoms. The zero-order valence-electron chi connectivity index (χ0n) is 8.75. The van der Waals surface area contributed by atoms with Crippen LogP contribution in [0.5, 0.6) is 0 Å². The van der Waals surface area contributed by atoms with Gasteiger partial charge in [-0.1, -0.05) is 0 Å². The molecule has 0 atom stereocenters. The van der Waals surface area contributed by atoms with Crippen LogP contribution in [0.3, 0.4) is 0 Å². The predicted molar refractivity (Wildman–Crippen MR) is 52.9 cm³/mol. The quantitative estimate of drug-likeness (QED) is 0.433. The molecule has 0 unspecified atom stereocenters. The molecule has 1 heterocycles. The minimum atomic E-state index is -0.777. The van der Waals surface area contributed by atoms with E-state index >= 15 is 0 Å². The molecule has 0 amide bonds. The van der Waals surface area contributed by atoms with E-state index in [1.54, 1.807) is 0 Å². The Labute approximate surface area is 91.2 Å². The van der Waals surface area contributed by atoms with Crippen LogP contribution in [-0.2, 0) is 11.3 Å². The fraction of sp³-hybridized carbons (Fsp3) is 0.556. The monoisotopic (exact) mass is 225 g/mol. The van der Waals surface area contributed by atoms with Gasteiger partial charge in [0.2, 0.25) is 5.69 Å². The van der Waals surface area contributed by atoms with Crippen molar-refractivity contribution in [1.82, 2.24) is 9.78 Å². The van der Waals surface area contributed by atoms with Crippen molar-refractivity contribution in [3.05, 3.63) is 22.0 Å². The van der Waals surface area contributed by atoms with Crippen LogP contribution < -0.4 is 0 Å². The van der Waals surface area contributed by atoms with Gasteiger partial charge in [0.05, 0.1) is 12.0 Å². The largest absolute Gasteiger partial charge is 0.464 e. The standard InChI is InChI=1S/C9H11N3O4/c1-16-9(13)8-7(12(14)15)5-11(10-8)4-6-2-3-6/h5-6H,2-4H2,1H3. The molecular weight excluding hydrogens is 214 g/mol. The zero-order valence-corrected chi connectivity index (χ0v) is 8.75. The molecule has 0 saturated heterocycles. The van der Waals surface area contributed by atoms with Gasteiger partial charge in [0, 0.05) is 6.54 Å². The zero-order chi connectivity index (χ0) is 11.7. The summed E-state index contributed by atoms with van der Waals surface area (Å²) in [5, 5.41) is 14.6. The lowest BCUT2D eigenvalue weighted by molar-refractivity contribution is -0.385. The van der Waals surface area contributed by atoms with Crippen molar-refractivity contribution in [2.24, 2.45) is 5.92 Å². The molecule has 7 heteroatoms. The molecule has 0 aromatic carbocycles. The van der Waals surface area contributed by atoms with E-state index in [1.807, 2.05) is 0 Å². The van der Waals surface area contributed by atoms with Crippen LogP contribution in [0, 0.1) is 16.0 Å². The molecule has 86 valence electrons. The summed E-state index contributed by atoms with van der Waals surface area (Å²) in [6, 6.07) is 0. The van der Waals surface area contributed by atoms with E-state index in [9.17, 15) is 14.9 Å². The number of rotatable bonds is 4. The lowest BCUT2D eigenvalue weighted by Crippen LogP contribution is -2.07. The van der Waals surface area contributed by atoms with Crippen LogP contribution in [0.25, 0.3) is 0 Å². The highest BCUT2D eigenvalue weighted by Gasteiger charge is 2.29. The highest BCUT2D eigenvalue weighted by molar-refractivity contribution is 5.91. The van der Waals surface area contributed by atoms with E-state index in [0.717, 1.165) is 12.8 Å². The lowest BCUT2D eigenvalue weighted by atomic mass is 10.4. The molecule has 0 radical (unpaired) electrons. The van der Waals surface area contributed by atoms with Crippen molar-refractivity contribution >= 4 is 11.7 Å². The summed E-state index contributed by atoms with van der Waals surface area (Å²) in [5.41, 5.74) is -0.527. The fourth-order valence-electron chi connectivity index (χ4n) is 1.45.